The number of phenols is 1. The number of carbonyl (C=O) groups is 1. The maximum atomic E-state index is 11.8. The third-order valence-corrected chi connectivity index (χ3v) is 4.82. The molecule has 0 saturated carbocycles. The minimum absolute atomic E-state index is 0. The minimum Gasteiger partial charge on any atom is -0.507 e. The maximum Gasteiger partial charge on any atom is 0.292 e. The lowest BCUT2D eigenvalue weighted by molar-refractivity contribution is -0.282. The van der Waals surface area contributed by atoms with Crippen molar-refractivity contribution in [2.75, 3.05) is 0 Å². The third kappa shape index (κ3) is 5.03. The average molecular weight is 458 g/mol. The molecule has 0 aliphatic carbocycles. The number of hydrogen-bond donors (Lipinski definition) is 3. The molecule has 0 saturated heterocycles. The Bertz CT molecular complexity index is 1180. The van der Waals surface area contributed by atoms with E-state index in [9.17, 15) is 9.90 Å². The number of hydrazine groups is 1. The van der Waals surface area contributed by atoms with E-state index in [1.54, 1.807) is 65.7 Å². The lowest BCUT2D eigenvalue weighted by atomic mass is 10.1. The smallest absolute Gasteiger partial charge is 0.292 e. The number of aromatic hydroxyl groups is 1. The van der Waals surface area contributed by atoms with Gasteiger partial charge in [-0.1, -0.05) is 23.7 Å². The number of amides is 1. The number of nitrogen functional groups attached to an aromatic ring is 1. The highest BCUT2D eigenvalue weighted by atomic mass is 35.5. The number of nitrogens with two attached hydrogens (primary N) is 1. The molecule has 4 N–H and O–H groups in total. The molecule has 158 valence electrons. The summed E-state index contributed by atoms with van der Waals surface area (Å²) in [6.07, 6.45) is 3.33. The first-order valence-corrected chi connectivity index (χ1v) is 9.44. The van der Waals surface area contributed by atoms with Gasteiger partial charge in [0, 0.05) is 22.7 Å². The van der Waals surface area contributed by atoms with E-state index in [1.165, 1.54) is 0 Å². The van der Waals surface area contributed by atoms with E-state index in [-0.39, 0.29) is 18.2 Å². The molecule has 0 atom stereocenters. The zero-order valence-electron chi connectivity index (χ0n) is 16.2. The highest BCUT2D eigenvalue weighted by molar-refractivity contribution is 6.30. The van der Waals surface area contributed by atoms with E-state index >= 15 is 0 Å². The molecule has 0 unspecified atom stereocenters. The van der Waals surface area contributed by atoms with Gasteiger partial charge in [-0.15, -0.1) is 12.4 Å². The van der Waals surface area contributed by atoms with Crippen molar-refractivity contribution in [3.8, 4) is 11.5 Å². The van der Waals surface area contributed by atoms with Gasteiger partial charge in [0.05, 0.1) is 5.56 Å². The second-order valence-electron chi connectivity index (χ2n) is 6.59. The van der Waals surface area contributed by atoms with Gasteiger partial charge in [0.2, 0.25) is 5.69 Å². The summed E-state index contributed by atoms with van der Waals surface area (Å²) in [7, 11) is 0. The number of phenolic OH excluding ortho intramolecular Hbond substituents is 1. The van der Waals surface area contributed by atoms with Crippen LogP contribution in [0.25, 0.3) is 0 Å². The largest absolute Gasteiger partial charge is 0.507 e. The highest BCUT2D eigenvalue weighted by Crippen LogP contribution is 2.33. The molecule has 3 aromatic carbocycles. The van der Waals surface area contributed by atoms with Crippen LogP contribution >= 0.6 is 24.0 Å². The van der Waals surface area contributed by atoms with E-state index in [1.807, 2.05) is 12.1 Å². The molecule has 7 nitrogen and oxygen atoms in total. The SMILES string of the molecule is Cl.NNC(=O)c1ccc2c(c1)[N+](=Cc1ccc(OCc3ccc(Cl)cc3)cc1O)C=N2. The zero-order chi connectivity index (χ0) is 21.1. The third-order valence-electron chi connectivity index (χ3n) is 4.57. The molecule has 1 amide bonds. The molecular formula is C22H19Cl2N4O3+. The summed E-state index contributed by atoms with van der Waals surface area (Å²) < 4.78 is 7.46. The fourth-order valence-electron chi connectivity index (χ4n) is 2.97. The van der Waals surface area contributed by atoms with Gasteiger partial charge in [0.1, 0.15) is 24.3 Å². The number of benzene rings is 3. The molecular weight excluding hydrogens is 439 g/mol. The Hall–Kier alpha value is -3.39. The van der Waals surface area contributed by atoms with Crippen molar-refractivity contribution in [1.29, 1.82) is 0 Å². The van der Waals surface area contributed by atoms with E-state index in [4.69, 9.17) is 22.2 Å². The quantitative estimate of drug-likeness (QED) is 0.232. The lowest BCUT2D eigenvalue weighted by Gasteiger charge is -2.08. The molecule has 1 aliphatic rings. The number of nitrogens with zero attached hydrogens (tertiary/aromatic N) is 2. The Morgan fingerprint density at radius 2 is 1.94 bits per heavy atom. The number of nitrogens with one attached hydrogen (secondary N) is 1. The summed E-state index contributed by atoms with van der Waals surface area (Å²) in [4.78, 5) is 16.1. The Morgan fingerprint density at radius 3 is 2.65 bits per heavy atom. The Kier molecular flexibility index (Phi) is 6.91. The predicted octanol–water partition coefficient (Wildman–Crippen LogP) is 4.09. The van der Waals surface area contributed by atoms with Crippen molar-refractivity contribution < 1.29 is 19.2 Å². The van der Waals surface area contributed by atoms with E-state index < -0.39 is 5.91 Å². The number of fused-ring (bicyclic) bond motifs is 1. The van der Waals surface area contributed by atoms with Crippen LogP contribution in [-0.4, -0.2) is 28.1 Å². The molecule has 4 rings (SSSR count). The van der Waals surface area contributed by atoms with Gasteiger partial charge < -0.3 is 9.84 Å². The van der Waals surface area contributed by atoms with E-state index in [0.717, 1.165) is 5.56 Å². The van der Waals surface area contributed by atoms with Crippen LogP contribution in [0.15, 0.2) is 65.7 Å². The van der Waals surface area contributed by atoms with Gasteiger partial charge in [-0.25, -0.2) is 5.84 Å². The van der Waals surface area contributed by atoms with Crippen LogP contribution in [-0.2, 0) is 6.61 Å². The van der Waals surface area contributed by atoms with Crippen LogP contribution in [0.3, 0.4) is 0 Å². The molecule has 1 aliphatic heterocycles. The van der Waals surface area contributed by atoms with Crippen LogP contribution in [0.4, 0.5) is 11.4 Å². The van der Waals surface area contributed by atoms with Crippen molar-refractivity contribution in [3.63, 3.8) is 0 Å². The summed E-state index contributed by atoms with van der Waals surface area (Å²) in [5, 5.41) is 11.1. The standard InChI is InChI=1S/C22H17ClN4O3.ClH/c23-17-5-1-14(2-6-17)12-30-18-7-3-16(21(28)10-18)11-27-13-25-19-8-4-15(9-20(19)27)22(29)26-24;/h1-11,13H,12,24H2,(H,26,29);1H/p+1. The van der Waals surface area contributed by atoms with Gasteiger partial charge in [0.15, 0.2) is 5.69 Å². The van der Waals surface area contributed by atoms with Crippen molar-refractivity contribution in [1.82, 2.24) is 5.43 Å². The number of hydrogen-bond acceptors (Lipinski definition) is 5. The maximum absolute atomic E-state index is 11.8. The van der Waals surface area contributed by atoms with E-state index in [0.29, 0.717) is 39.9 Å². The predicted molar refractivity (Wildman–Crippen MR) is 122 cm³/mol. The second kappa shape index (κ2) is 9.61. The van der Waals surface area contributed by atoms with Crippen LogP contribution in [0, 0.1) is 0 Å². The van der Waals surface area contributed by atoms with Crippen molar-refractivity contribution in [2.45, 2.75) is 6.61 Å². The number of halogens is 2. The van der Waals surface area contributed by atoms with Crippen molar-refractivity contribution >= 4 is 53.8 Å². The first-order valence-electron chi connectivity index (χ1n) is 9.06. The Labute approximate surface area is 189 Å². The zero-order valence-corrected chi connectivity index (χ0v) is 17.7. The monoisotopic (exact) mass is 457 g/mol. The Morgan fingerprint density at radius 1 is 1.16 bits per heavy atom. The topological polar surface area (TPSA) is 100.0 Å². The summed E-state index contributed by atoms with van der Waals surface area (Å²) >= 11 is 5.88. The first kappa shape index (κ1) is 22.3. The molecule has 31 heavy (non-hydrogen) atoms. The average Bonchev–Trinajstić information content (AvgIpc) is 3.16. The number of aliphatic imine (C=N–C) groups is 1. The van der Waals surface area contributed by atoms with Crippen molar-refractivity contribution in [2.24, 2.45) is 10.8 Å². The molecule has 0 bridgehead atoms. The molecule has 1 heterocycles. The summed E-state index contributed by atoms with van der Waals surface area (Å²) in [6.45, 7) is 0.359. The van der Waals surface area contributed by atoms with Crippen LogP contribution in [0.2, 0.25) is 5.02 Å². The molecule has 0 spiro atoms. The van der Waals surface area contributed by atoms with E-state index in [2.05, 4.69) is 10.4 Å². The second-order valence-corrected chi connectivity index (χ2v) is 7.03. The summed E-state index contributed by atoms with van der Waals surface area (Å²) in [5.74, 6) is 5.41. The molecule has 9 heteroatoms. The normalized spacial score (nSPS) is 12.9. The highest BCUT2D eigenvalue weighted by Gasteiger charge is 2.22. The fraction of sp³-hybridized carbons (Fsp3) is 0.0455. The summed E-state index contributed by atoms with van der Waals surface area (Å²) in [6, 6.07) is 17.5. The van der Waals surface area contributed by atoms with Crippen LogP contribution in [0.5, 0.6) is 11.5 Å². The number of rotatable bonds is 5. The van der Waals surface area contributed by atoms with Gasteiger partial charge >= 0.3 is 0 Å². The molecule has 3 aromatic rings. The first-order chi connectivity index (χ1) is 14.5. The molecule has 0 radical (unpaired) electrons. The van der Waals surface area contributed by atoms with Gasteiger partial charge in [-0.3, -0.25) is 10.2 Å². The fourth-order valence-corrected chi connectivity index (χ4v) is 3.10. The number of carbonyl (C=O) groups excluding carboxylic acids is 1. The van der Waals surface area contributed by atoms with Crippen LogP contribution < -0.4 is 16.0 Å². The van der Waals surface area contributed by atoms with Crippen LogP contribution in [0.1, 0.15) is 21.5 Å². The van der Waals surface area contributed by atoms with Gasteiger partial charge in [-0.2, -0.15) is 4.58 Å². The molecule has 0 aromatic heterocycles. The summed E-state index contributed by atoms with van der Waals surface area (Å²) in [5.41, 5.74) is 5.48. The number of ether oxygens (including phenoxy) is 1. The van der Waals surface area contributed by atoms with Gasteiger partial charge in [0.25, 0.3) is 12.2 Å². The minimum atomic E-state index is -0.394. The Balaban J connectivity index is 0.00000272. The molecule has 0 fully saturated rings. The van der Waals surface area contributed by atoms with Crippen molar-refractivity contribution in [3.05, 3.63) is 82.4 Å². The van der Waals surface area contributed by atoms with Gasteiger partial charge in [-0.05, 0) is 47.0 Å². The lowest BCUT2D eigenvalue weighted by Crippen LogP contribution is -2.29.